The minimum Gasteiger partial charge on any atom is -0.334 e. The fourth-order valence-electron chi connectivity index (χ4n) is 3.37. The lowest BCUT2D eigenvalue weighted by Crippen LogP contribution is -2.38. The number of hydrogen-bond acceptors (Lipinski definition) is 2. The molecule has 104 valence electrons. The Hall–Kier alpha value is -2.10. The Morgan fingerprint density at radius 3 is 2.50 bits per heavy atom. The molecule has 0 unspecified atom stereocenters. The van der Waals surface area contributed by atoms with E-state index in [4.69, 9.17) is 0 Å². The number of fused-ring (bicyclic) bond motifs is 3. The maximum Gasteiger partial charge on any atom is 0.228 e. The third-order valence-electron chi connectivity index (χ3n) is 4.21. The molecule has 0 saturated carbocycles. The highest BCUT2D eigenvalue weighted by molar-refractivity contribution is 5.96. The van der Waals surface area contributed by atoms with Gasteiger partial charge in [0, 0.05) is 25.8 Å². The molecule has 0 N–H and O–H groups in total. The van der Waals surface area contributed by atoms with Crippen molar-refractivity contribution < 1.29 is 9.59 Å². The summed E-state index contributed by atoms with van der Waals surface area (Å²) in [6.07, 6.45) is 0.806. The van der Waals surface area contributed by atoms with Crippen LogP contribution in [0.25, 0.3) is 10.9 Å². The minimum absolute atomic E-state index is 0.000276. The summed E-state index contributed by atoms with van der Waals surface area (Å²) in [6.45, 7) is 5.88. The number of amides is 1. The zero-order valence-electron chi connectivity index (χ0n) is 12.0. The molecule has 0 aliphatic carbocycles. The van der Waals surface area contributed by atoms with Crippen LogP contribution in [0.5, 0.6) is 0 Å². The smallest absolute Gasteiger partial charge is 0.228 e. The second kappa shape index (κ2) is 4.47. The van der Waals surface area contributed by atoms with E-state index in [9.17, 15) is 9.59 Å². The van der Waals surface area contributed by atoms with Crippen molar-refractivity contribution in [3.8, 4) is 0 Å². The van der Waals surface area contributed by atoms with Crippen LogP contribution in [0.15, 0.2) is 24.3 Å². The summed E-state index contributed by atoms with van der Waals surface area (Å²) in [5.41, 5.74) is 3.13. The molecule has 1 aliphatic rings. The van der Waals surface area contributed by atoms with Crippen LogP contribution in [0.2, 0.25) is 0 Å². The molecular weight excluding hydrogens is 252 g/mol. The van der Waals surface area contributed by atoms with Crippen LogP contribution in [-0.4, -0.2) is 27.8 Å². The van der Waals surface area contributed by atoms with E-state index < -0.39 is 0 Å². The normalized spacial score (nSPS) is 18.1. The summed E-state index contributed by atoms with van der Waals surface area (Å²) < 4.78 is 1.77. The fraction of sp³-hybridized carbons (Fsp3) is 0.375. The van der Waals surface area contributed by atoms with Gasteiger partial charge in [0.2, 0.25) is 11.8 Å². The second-order valence-electron chi connectivity index (χ2n) is 5.37. The van der Waals surface area contributed by atoms with Gasteiger partial charge in [-0.15, -0.1) is 0 Å². The SMILES string of the molecule is CC(=O)N1CCc2c(n(C(C)=O)c3ccccc23)[C@H]1C. The number of para-hydroxylation sites is 1. The number of rotatable bonds is 0. The Labute approximate surface area is 118 Å². The number of nitrogens with zero attached hydrogens (tertiary/aromatic N) is 2. The van der Waals surface area contributed by atoms with E-state index in [1.807, 2.05) is 30.0 Å². The molecule has 20 heavy (non-hydrogen) atoms. The molecule has 0 fully saturated rings. The predicted molar refractivity (Wildman–Crippen MR) is 77.7 cm³/mol. The zero-order valence-corrected chi connectivity index (χ0v) is 12.0. The first-order valence-corrected chi connectivity index (χ1v) is 6.92. The van der Waals surface area contributed by atoms with Crippen molar-refractivity contribution in [2.24, 2.45) is 0 Å². The highest BCUT2D eigenvalue weighted by Crippen LogP contribution is 2.36. The number of carbonyl (C=O) groups is 2. The number of benzene rings is 1. The van der Waals surface area contributed by atoms with Gasteiger partial charge in [0.25, 0.3) is 0 Å². The van der Waals surface area contributed by atoms with Gasteiger partial charge < -0.3 is 4.90 Å². The van der Waals surface area contributed by atoms with Gasteiger partial charge in [-0.3, -0.25) is 14.2 Å². The molecule has 0 saturated heterocycles. The average molecular weight is 270 g/mol. The predicted octanol–water partition coefficient (Wildman–Crippen LogP) is 2.77. The molecular formula is C16H18N2O2. The van der Waals surface area contributed by atoms with Crippen molar-refractivity contribution in [3.63, 3.8) is 0 Å². The number of aromatic nitrogens is 1. The summed E-state index contributed by atoms with van der Waals surface area (Å²) in [4.78, 5) is 25.7. The summed E-state index contributed by atoms with van der Waals surface area (Å²) in [5.74, 6) is 0.0585. The third-order valence-corrected chi connectivity index (χ3v) is 4.21. The van der Waals surface area contributed by atoms with Crippen molar-refractivity contribution in [1.82, 2.24) is 9.47 Å². The van der Waals surface area contributed by atoms with Gasteiger partial charge in [-0.1, -0.05) is 18.2 Å². The van der Waals surface area contributed by atoms with Crippen molar-refractivity contribution >= 4 is 22.7 Å². The maximum atomic E-state index is 12.1. The molecule has 1 aromatic carbocycles. The number of carbonyl (C=O) groups excluding carboxylic acids is 2. The lowest BCUT2D eigenvalue weighted by molar-refractivity contribution is -0.131. The first-order chi connectivity index (χ1) is 9.52. The highest BCUT2D eigenvalue weighted by atomic mass is 16.2. The van der Waals surface area contributed by atoms with Crippen LogP contribution >= 0.6 is 0 Å². The van der Waals surface area contributed by atoms with Crippen molar-refractivity contribution in [2.45, 2.75) is 33.2 Å². The van der Waals surface area contributed by atoms with Crippen molar-refractivity contribution in [2.75, 3.05) is 6.54 Å². The van der Waals surface area contributed by atoms with E-state index in [-0.39, 0.29) is 17.9 Å². The molecule has 4 heteroatoms. The van der Waals surface area contributed by atoms with Crippen LogP contribution in [0, 0.1) is 0 Å². The van der Waals surface area contributed by atoms with Crippen molar-refractivity contribution in [1.29, 1.82) is 0 Å². The molecule has 4 nitrogen and oxygen atoms in total. The Morgan fingerprint density at radius 2 is 1.85 bits per heavy atom. The summed E-state index contributed by atoms with van der Waals surface area (Å²) >= 11 is 0. The van der Waals surface area contributed by atoms with Crippen LogP contribution in [0.4, 0.5) is 0 Å². The Morgan fingerprint density at radius 1 is 1.15 bits per heavy atom. The Kier molecular flexibility index (Phi) is 2.89. The molecule has 1 atom stereocenters. The highest BCUT2D eigenvalue weighted by Gasteiger charge is 2.32. The Balaban J connectivity index is 2.32. The van der Waals surface area contributed by atoms with Gasteiger partial charge in [0.15, 0.2) is 0 Å². The molecule has 0 spiro atoms. The standard InChI is InChI=1S/C16H18N2O2/c1-10-16-14(8-9-17(10)11(2)19)13-6-4-5-7-15(13)18(16)12(3)20/h4-7,10H,8-9H2,1-3H3/t10-/m1/s1. The second-order valence-corrected chi connectivity index (χ2v) is 5.37. The zero-order chi connectivity index (χ0) is 14.4. The lowest BCUT2D eigenvalue weighted by atomic mass is 9.98. The molecule has 2 aromatic rings. The molecule has 2 heterocycles. The lowest BCUT2D eigenvalue weighted by Gasteiger charge is -2.33. The molecule has 1 aromatic heterocycles. The van der Waals surface area contributed by atoms with E-state index in [2.05, 4.69) is 6.07 Å². The van der Waals surface area contributed by atoms with Gasteiger partial charge >= 0.3 is 0 Å². The average Bonchev–Trinajstić information content (AvgIpc) is 2.74. The molecule has 1 amide bonds. The van der Waals surface area contributed by atoms with E-state index in [0.717, 1.165) is 29.6 Å². The summed E-state index contributed by atoms with van der Waals surface area (Å²) in [5, 5.41) is 1.13. The van der Waals surface area contributed by atoms with Crippen LogP contribution in [-0.2, 0) is 11.2 Å². The van der Waals surface area contributed by atoms with E-state index in [1.165, 1.54) is 5.56 Å². The van der Waals surface area contributed by atoms with Gasteiger partial charge in [-0.2, -0.15) is 0 Å². The first-order valence-electron chi connectivity index (χ1n) is 6.92. The van der Waals surface area contributed by atoms with Gasteiger partial charge in [-0.05, 0) is 25.0 Å². The monoisotopic (exact) mass is 270 g/mol. The summed E-state index contributed by atoms with van der Waals surface area (Å²) in [6, 6.07) is 7.91. The van der Waals surface area contributed by atoms with Crippen molar-refractivity contribution in [3.05, 3.63) is 35.5 Å². The summed E-state index contributed by atoms with van der Waals surface area (Å²) in [7, 11) is 0. The number of hydrogen-bond donors (Lipinski definition) is 0. The quantitative estimate of drug-likeness (QED) is 0.738. The molecule has 0 radical (unpaired) electrons. The Bertz CT molecular complexity index is 715. The van der Waals surface area contributed by atoms with Crippen LogP contribution in [0.3, 0.4) is 0 Å². The molecule has 3 rings (SSSR count). The van der Waals surface area contributed by atoms with E-state index >= 15 is 0 Å². The third kappa shape index (κ3) is 1.68. The fourth-order valence-corrected chi connectivity index (χ4v) is 3.37. The molecule has 1 aliphatic heterocycles. The van der Waals surface area contributed by atoms with Crippen LogP contribution < -0.4 is 0 Å². The largest absolute Gasteiger partial charge is 0.334 e. The minimum atomic E-state index is -0.0625. The first kappa shape index (κ1) is 12.9. The molecule has 0 bridgehead atoms. The van der Waals surface area contributed by atoms with Gasteiger partial charge in [0.1, 0.15) is 0 Å². The van der Waals surface area contributed by atoms with E-state index in [1.54, 1.807) is 18.4 Å². The van der Waals surface area contributed by atoms with Crippen LogP contribution in [0.1, 0.15) is 42.9 Å². The van der Waals surface area contributed by atoms with Gasteiger partial charge in [0.05, 0.1) is 17.3 Å². The van der Waals surface area contributed by atoms with Gasteiger partial charge in [-0.25, -0.2) is 0 Å². The topological polar surface area (TPSA) is 42.3 Å². The van der Waals surface area contributed by atoms with E-state index in [0.29, 0.717) is 0 Å². The maximum absolute atomic E-state index is 12.1.